The molecule has 0 saturated heterocycles. The lowest BCUT2D eigenvalue weighted by molar-refractivity contribution is -0.0498. The highest BCUT2D eigenvalue weighted by Crippen LogP contribution is 2.19. The number of aliphatic hydroxyl groups is 1. The number of nitrogens with zero attached hydrogens (tertiary/aromatic N) is 1. The Morgan fingerprint density at radius 3 is 2.46 bits per heavy atom. The molecule has 1 rings (SSSR count). The first-order chi connectivity index (χ1) is 11.1. The lowest BCUT2D eigenvalue weighted by Crippen LogP contribution is -2.39. The van der Waals surface area contributed by atoms with Crippen molar-refractivity contribution in [2.45, 2.75) is 19.6 Å². The van der Waals surface area contributed by atoms with Crippen molar-refractivity contribution in [3.05, 3.63) is 29.8 Å². The largest absolute Gasteiger partial charge is 0.435 e. The lowest BCUT2D eigenvalue weighted by atomic mass is 10.1. The highest BCUT2D eigenvalue weighted by atomic mass is 127. The molecule has 0 aliphatic rings. The molecule has 0 radical (unpaired) electrons. The predicted molar refractivity (Wildman–Crippen MR) is 99.3 cm³/mol. The Balaban J connectivity index is 0.00000529. The number of benzene rings is 1. The van der Waals surface area contributed by atoms with E-state index in [-0.39, 0.29) is 36.3 Å². The lowest BCUT2D eigenvalue weighted by Gasteiger charge is -2.13. The Kier molecular flexibility index (Phi) is 12.5. The van der Waals surface area contributed by atoms with E-state index in [1.165, 1.54) is 24.3 Å². The number of halogens is 3. The van der Waals surface area contributed by atoms with Gasteiger partial charge in [0.2, 0.25) is 0 Å². The molecule has 1 aromatic rings. The van der Waals surface area contributed by atoms with Gasteiger partial charge in [0, 0.05) is 20.2 Å². The predicted octanol–water partition coefficient (Wildman–Crippen LogP) is 2.14. The summed E-state index contributed by atoms with van der Waals surface area (Å²) in [6, 6.07) is 5.83. The first kappa shape index (κ1) is 22.8. The summed E-state index contributed by atoms with van der Waals surface area (Å²) in [5.74, 6) is 0.621. The Labute approximate surface area is 157 Å². The average molecular weight is 459 g/mol. The van der Waals surface area contributed by atoms with Crippen LogP contribution in [0.15, 0.2) is 29.3 Å². The van der Waals surface area contributed by atoms with Crippen LogP contribution in [0.1, 0.15) is 18.6 Å². The molecule has 0 amide bonds. The van der Waals surface area contributed by atoms with Gasteiger partial charge in [-0.05, 0) is 24.6 Å². The maximum atomic E-state index is 12.1. The number of methoxy groups -OCH3 is 1. The topological polar surface area (TPSA) is 75.1 Å². The van der Waals surface area contributed by atoms with Crippen molar-refractivity contribution < 1.29 is 23.4 Å². The van der Waals surface area contributed by atoms with Gasteiger partial charge in [-0.2, -0.15) is 8.78 Å². The summed E-state index contributed by atoms with van der Waals surface area (Å²) < 4.78 is 33.4. The summed E-state index contributed by atoms with van der Waals surface area (Å²) in [7, 11) is 1.61. The molecule has 0 saturated carbocycles. The number of hydrogen-bond donors (Lipinski definition) is 3. The van der Waals surface area contributed by atoms with Gasteiger partial charge in [0.1, 0.15) is 5.75 Å². The molecule has 9 heteroatoms. The zero-order valence-electron chi connectivity index (χ0n) is 13.7. The van der Waals surface area contributed by atoms with Crippen LogP contribution in [0.5, 0.6) is 5.75 Å². The fourth-order valence-corrected chi connectivity index (χ4v) is 1.77. The number of guanidine groups is 1. The quantitative estimate of drug-likeness (QED) is 0.229. The second-order valence-corrected chi connectivity index (χ2v) is 4.60. The van der Waals surface area contributed by atoms with Gasteiger partial charge in [0.15, 0.2) is 5.96 Å². The van der Waals surface area contributed by atoms with E-state index in [0.29, 0.717) is 31.2 Å². The molecule has 0 heterocycles. The van der Waals surface area contributed by atoms with Crippen LogP contribution >= 0.6 is 24.0 Å². The van der Waals surface area contributed by atoms with Crippen molar-refractivity contribution in [3.63, 3.8) is 0 Å². The van der Waals surface area contributed by atoms with Crippen molar-refractivity contribution >= 4 is 29.9 Å². The van der Waals surface area contributed by atoms with Crippen LogP contribution in [-0.2, 0) is 4.74 Å². The van der Waals surface area contributed by atoms with Gasteiger partial charge in [0.05, 0.1) is 19.3 Å². The molecule has 6 nitrogen and oxygen atoms in total. The minimum atomic E-state index is -2.86. The highest BCUT2D eigenvalue weighted by molar-refractivity contribution is 14.0. The van der Waals surface area contributed by atoms with Crippen molar-refractivity contribution in [1.29, 1.82) is 0 Å². The van der Waals surface area contributed by atoms with Gasteiger partial charge < -0.3 is 25.2 Å². The van der Waals surface area contributed by atoms with Gasteiger partial charge in [-0.3, -0.25) is 4.99 Å². The number of nitrogens with one attached hydrogen (secondary N) is 2. The van der Waals surface area contributed by atoms with E-state index in [0.717, 1.165) is 0 Å². The van der Waals surface area contributed by atoms with Crippen LogP contribution in [0.3, 0.4) is 0 Å². The van der Waals surface area contributed by atoms with Crippen LogP contribution < -0.4 is 15.4 Å². The molecular formula is C15H24F2IN3O3. The van der Waals surface area contributed by atoms with E-state index in [2.05, 4.69) is 20.4 Å². The molecule has 0 aliphatic carbocycles. The number of rotatable bonds is 9. The summed E-state index contributed by atoms with van der Waals surface area (Å²) in [4.78, 5) is 4.27. The zero-order valence-corrected chi connectivity index (χ0v) is 16.0. The molecule has 3 N–H and O–H groups in total. The van der Waals surface area contributed by atoms with Crippen LogP contribution in [0, 0.1) is 0 Å². The van der Waals surface area contributed by atoms with Crippen LogP contribution in [-0.4, -0.2) is 51.0 Å². The van der Waals surface area contributed by atoms with E-state index in [4.69, 9.17) is 4.74 Å². The van der Waals surface area contributed by atoms with E-state index in [1.807, 2.05) is 6.92 Å². The smallest absolute Gasteiger partial charge is 0.387 e. The van der Waals surface area contributed by atoms with Gasteiger partial charge in [-0.25, -0.2) is 0 Å². The second-order valence-electron chi connectivity index (χ2n) is 4.60. The maximum absolute atomic E-state index is 12.1. The molecule has 138 valence electrons. The minimum Gasteiger partial charge on any atom is -0.435 e. The average Bonchev–Trinajstić information content (AvgIpc) is 2.52. The van der Waals surface area contributed by atoms with Crippen molar-refractivity contribution in [2.24, 2.45) is 4.99 Å². The monoisotopic (exact) mass is 459 g/mol. The van der Waals surface area contributed by atoms with Crippen LogP contribution in [0.25, 0.3) is 0 Å². The number of alkyl halides is 2. The summed E-state index contributed by atoms with van der Waals surface area (Å²) in [5.41, 5.74) is 0.572. The Hall–Kier alpha value is -1.20. The Bertz CT molecular complexity index is 476. The molecule has 1 unspecified atom stereocenters. The molecule has 0 aromatic heterocycles. The van der Waals surface area contributed by atoms with Gasteiger partial charge >= 0.3 is 6.61 Å². The van der Waals surface area contributed by atoms with Gasteiger partial charge in [-0.1, -0.05) is 12.1 Å². The summed E-state index contributed by atoms with van der Waals surface area (Å²) >= 11 is 0. The van der Waals surface area contributed by atoms with E-state index < -0.39 is 12.7 Å². The third-order valence-electron chi connectivity index (χ3n) is 2.86. The Morgan fingerprint density at radius 2 is 1.92 bits per heavy atom. The standard InChI is InChI=1S/C15H23F2N3O3.HI/c1-3-18-15(19-8-9-22-2)20-10-13(21)11-4-6-12(7-5-11)23-14(16)17;/h4-7,13-14,21H,3,8-10H2,1-2H3,(H2,18,19,20);1H. The number of hydrogen-bond acceptors (Lipinski definition) is 4. The van der Waals surface area contributed by atoms with Crippen molar-refractivity contribution in [1.82, 2.24) is 10.6 Å². The summed E-state index contributed by atoms with van der Waals surface area (Å²) in [5, 5.41) is 16.2. The van der Waals surface area contributed by atoms with E-state index in [1.54, 1.807) is 7.11 Å². The maximum Gasteiger partial charge on any atom is 0.387 e. The zero-order chi connectivity index (χ0) is 17.1. The van der Waals surface area contributed by atoms with E-state index in [9.17, 15) is 13.9 Å². The molecule has 1 atom stereocenters. The normalized spacial score (nSPS) is 12.5. The molecule has 0 spiro atoms. The Morgan fingerprint density at radius 1 is 1.25 bits per heavy atom. The SMILES string of the molecule is CCNC(=NCC(O)c1ccc(OC(F)F)cc1)NCCOC.I. The van der Waals surface area contributed by atoms with Crippen molar-refractivity contribution in [3.8, 4) is 5.75 Å². The molecule has 0 fully saturated rings. The number of aliphatic hydroxyl groups excluding tert-OH is 1. The molecular weight excluding hydrogens is 435 g/mol. The third kappa shape index (κ3) is 9.18. The number of aliphatic imine (C=N–C) groups is 1. The molecule has 1 aromatic carbocycles. The van der Waals surface area contributed by atoms with Crippen molar-refractivity contribution in [2.75, 3.05) is 33.4 Å². The summed E-state index contributed by atoms with van der Waals surface area (Å²) in [6.07, 6.45) is -0.839. The molecule has 0 bridgehead atoms. The summed E-state index contributed by atoms with van der Waals surface area (Å²) in [6.45, 7) is 1.03. The van der Waals surface area contributed by atoms with Crippen LogP contribution in [0.2, 0.25) is 0 Å². The first-order valence-corrected chi connectivity index (χ1v) is 7.30. The minimum absolute atomic E-state index is 0. The van der Waals surface area contributed by atoms with E-state index >= 15 is 0 Å². The fraction of sp³-hybridized carbons (Fsp3) is 0.533. The van der Waals surface area contributed by atoms with Gasteiger partial charge in [-0.15, -0.1) is 24.0 Å². The highest BCUT2D eigenvalue weighted by Gasteiger charge is 2.09. The van der Waals surface area contributed by atoms with Gasteiger partial charge in [0.25, 0.3) is 0 Å². The fourth-order valence-electron chi connectivity index (χ4n) is 1.77. The third-order valence-corrected chi connectivity index (χ3v) is 2.86. The second kappa shape index (κ2) is 13.1. The molecule has 0 aliphatic heterocycles. The van der Waals surface area contributed by atoms with Crippen LogP contribution in [0.4, 0.5) is 8.78 Å². The first-order valence-electron chi connectivity index (χ1n) is 7.30. The molecule has 24 heavy (non-hydrogen) atoms. The number of ether oxygens (including phenoxy) is 2.